The normalized spacial score (nSPS) is 17.8. The molecule has 3 aromatic rings. The average molecular weight is 413 g/mol. The first-order valence-corrected chi connectivity index (χ1v) is 9.82. The maximum Gasteiger partial charge on any atom is 0.416 e. The summed E-state index contributed by atoms with van der Waals surface area (Å²) in [6.45, 7) is 2.48. The molecule has 0 unspecified atom stereocenters. The molecule has 3 heterocycles. The summed E-state index contributed by atoms with van der Waals surface area (Å²) in [6, 6.07) is 11.0. The van der Waals surface area contributed by atoms with Crippen LogP contribution in [-0.2, 0) is 12.7 Å². The van der Waals surface area contributed by atoms with E-state index in [2.05, 4.69) is 19.9 Å². The second kappa shape index (κ2) is 8.39. The van der Waals surface area contributed by atoms with Crippen LogP contribution in [0.4, 0.5) is 19.1 Å². The first-order valence-electron chi connectivity index (χ1n) is 9.82. The summed E-state index contributed by atoms with van der Waals surface area (Å²) in [5.74, 6) is 0.285. The van der Waals surface area contributed by atoms with Crippen molar-refractivity contribution in [3.05, 3.63) is 71.8 Å². The maximum absolute atomic E-state index is 12.9. The predicted molar refractivity (Wildman–Crippen MR) is 108 cm³/mol. The number of likely N-dealkylation sites (tertiary alicyclic amines) is 1. The molecule has 30 heavy (non-hydrogen) atoms. The molecule has 1 fully saturated rings. The number of hydrogen-bond donors (Lipinski definition) is 1. The monoisotopic (exact) mass is 413 g/mol. The minimum Gasteiger partial charge on any atom is -0.368 e. The van der Waals surface area contributed by atoms with Gasteiger partial charge in [-0.3, -0.25) is 9.88 Å². The van der Waals surface area contributed by atoms with E-state index in [9.17, 15) is 13.2 Å². The SMILES string of the molecule is Nc1ncc(-c2ccc(C(F)(F)F)cc2)c([C@@H]2CCCN(Cc3ccccn3)C2)n1. The number of alkyl halides is 3. The van der Waals surface area contributed by atoms with E-state index in [0.29, 0.717) is 5.56 Å². The van der Waals surface area contributed by atoms with Gasteiger partial charge in [0.05, 0.1) is 17.0 Å². The summed E-state index contributed by atoms with van der Waals surface area (Å²) in [4.78, 5) is 15.3. The predicted octanol–water partition coefficient (Wildman–Crippen LogP) is 4.52. The fourth-order valence-electron chi connectivity index (χ4n) is 3.92. The zero-order valence-corrected chi connectivity index (χ0v) is 16.3. The van der Waals surface area contributed by atoms with Crippen molar-refractivity contribution in [2.45, 2.75) is 31.5 Å². The van der Waals surface area contributed by atoms with Gasteiger partial charge in [0.2, 0.25) is 5.95 Å². The van der Waals surface area contributed by atoms with Crippen LogP contribution in [0.25, 0.3) is 11.1 Å². The molecule has 0 radical (unpaired) electrons. The molecular formula is C22H22F3N5. The van der Waals surface area contributed by atoms with Crippen molar-refractivity contribution < 1.29 is 13.2 Å². The molecule has 156 valence electrons. The van der Waals surface area contributed by atoms with E-state index >= 15 is 0 Å². The summed E-state index contributed by atoms with van der Waals surface area (Å²) in [7, 11) is 0. The molecule has 0 aliphatic carbocycles. The number of nitrogens with zero attached hydrogens (tertiary/aromatic N) is 4. The lowest BCUT2D eigenvalue weighted by atomic mass is 9.89. The molecule has 0 spiro atoms. The Labute approximate surface area is 172 Å². The maximum atomic E-state index is 12.9. The van der Waals surface area contributed by atoms with Crippen molar-refractivity contribution in [2.75, 3.05) is 18.8 Å². The molecule has 8 heteroatoms. The van der Waals surface area contributed by atoms with Crippen LogP contribution >= 0.6 is 0 Å². The van der Waals surface area contributed by atoms with Gasteiger partial charge in [0.1, 0.15) is 0 Å². The first-order chi connectivity index (χ1) is 14.4. The Hall–Kier alpha value is -3.00. The molecule has 1 aliphatic heterocycles. The Balaban J connectivity index is 1.60. The van der Waals surface area contributed by atoms with E-state index in [1.807, 2.05) is 18.2 Å². The molecule has 0 saturated carbocycles. The van der Waals surface area contributed by atoms with E-state index in [4.69, 9.17) is 5.73 Å². The molecule has 1 atom stereocenters. The van der Waals surface area contributed by atoms with E-state index in [0.717, 1.165) is 61.6 Å². The van der Waals surface area contributed by atoms with Crippen LogP contribution in [0, 0.1) is 0 Å². The highest BCUT2D eigenvalue weighted by atomic mass is 19.4. The van der Waals surface area contributed by atoms with E-state index in [1.165, 1.54) is 12.1 Å². The van der Waals surface area contributed by atoms with Gasteiger partial charge in [-0.1, -0.05) is 18.2 Å². The molecule has 5 nitrogen and oxygen atoms in total. The van der Waals surface area contributed by atoms with Crippen LogP contribution < -0.4 is 5.73 Å². The topological polar surface area (TPSA) is 67.9 Å². The van der Waals surface area contributed by atoms with E-state index < -0.39 is 11.7 Å². The molecule has 2 N–H and O–H groups in total. The minimum absolute atomic E-state index is 0.116. The number of pyridine rings is 1. The number of halogens is 3. The first kappa shape index (κ1) is 20.3. The van der Waals surface area contributed by atoms with Crippen molar-refractivity contribution in [2.24, 2.45) is 0 Å². The van der Waals surface area contributed by atoms with Crippen LogP contribution in [0.3, 0.4) is 0 Å². The van der Waals surface area contributed by atoms with Crippen molar-refractivity contribution in [3.63, 3.8) is 0 Å². The third-order valence-electron chi connectivity index (χ3n) is 5.36. The van der Waals surface area contributed by atoms with Gasteiger partial charge in [-0.25, -0.2) is 9.97 Å². The van der Waals surface area contributed by atoms with Gasteiger partial charge in [-0.15, -0.1) is 0 Å². The Bertz CT molecular complexity index is 990. The number of benzene rings is 1. The van der Waals surface area contributed by atoms with Gasteiger partial charge in [0.25, 0.3) is 0 Å². The van der Waals surface area contributed by atoms with Gasteiger partial charge in [0.15, 0.2) is 0 Å². The fourth-order valence-corrected chi connectivity index (χ4v) is 3.92. The third-order valence-corrected chi connectivity index (χ3v) is 5.36. The molecule has 1 saturated heterocycles. The number of hydrogen-bond acceptors (Lipinski definition) is 5. The summed E-state index contributed by atoms with van der Waals surface area (Å²) in [5, 5.41) is 0. The van der Waals surface area contributed by atoms with Gasteiger partial charge in [-0.05, 0) is 49.2 Å². The van der Waals surface area contributed by atoms with Crippen LogP contribution in [0.5, 0.6) is 0 Å². The van der Waals surface area contributed by atoms with Crippen LogP contribution in [0.15, 0.2) is 54.9 Å². The molecular weight excluding hydrogens is 391 g/mol. The van der Waals surface area contributed by atoms with E-state index in [-0.39, 0.29) is 11.9 Å². The molecule has 1 aliphatic rings. The van der Waals surface area contributed by atoms with Crippen LogP contribution in [0.2, 0.25) is 0 Å². The summed E-state index contributed by atoms with van der Waals surface area (Å²) >= 11 is 0. The lowest BCUT2D eigenvalue weighted by molar-refractivity contribution is -0.137. The van der Waals surface area contributed by atoms with E-state index in [1.54, 1.807) is 12.4 Å². The average Bonchev–Trinajstić information content (AvgIpc) is 2.74. The highest BCUT2D eigenvalue weighted by molar-refractivity contribution is 5.66. The summed E-state index contributed by atoms with van der Waals surface area (Å²) < 4.78 is 38.7. The Kier molecular flexibility index (Phi) is 5.67. The molecule has 2 aromatic heterocycles. The second-order valence-corrected chi connectivity index (χ2v) is 7.50. The fraction of sp³-hybridized carbons (Fsp3) is 0.318. The standard InChI is InChI=1S/C22H22F3N5/c23-22(24,25)17-8-6-15(7-9-17)19-12-28-21(26)29-20(19)16-4-3-11-30(13-16)14-18-5-1-2-10-27-18/h1-2,5-10,12,16H,3-4,11,13-14H2,(H2,26,28,29)/t16-/m1/s1. The second-order valence-electron chi connectivity index (χ2n) is 7.50. The molecule has 0 amide bonds. The van der Waals surface area contributed by atoms with Crippen molar-refractivity contribution in [1.29, 1.82) is 0 Å². The highest BCUT2D eigenvalue weighted by Gasteiger charge is 2.30. The van der Waals surface area contributed by atoms with Gasteiger partial charge in [0, 0.05) is 37.0 Å². The zero-order chi connectivity index (χ0) is 21.1. The molecule has 0 bridgehead atoms. The van der Waals surface area contributed by atoms with Crippen LogP contribution in [-0.4, -0.2) is 32.9 Å². The number of anilines is 1. The summed E-state index contributed by atoms with van der Waals surface area (Å²) in [6.07, 6.45) is 0.952. The lowest BCUT2D eigenvalue weighted by Gasteiger charge is -2.33. The van der Waals surface area contributed by atoms with Crippen molar-refractivity contribution >= 4 is 5.95 Å². The Morgan fingerprint density at radius 1 is 1.07 bits per heavy atom. The third kappa shape index (κ3) is 4.59. The number of rotatable bonds is 4. The quantitative estimate of drug-likeness (QED) is 0.681. The van der Waals surface area contributed by atoms with Crippen molar-refractivity contribution in [1.82, 2.24) is 19.9 Å². The smallest absolute Gasteiger partial charge is 0.368 e. The number of aromatic nitrogens is 3. The lowest BCUT2D eigenvalue weighted by Crippen LogP contribution is -2.34. The van der Waals surface area contributed by atoms with Gasteiger partial charge < -0.3 is 5.73 Å². The Morgan fingerprint density at radius 3 is 2.57 bits per heavy atom. The largest absolute Gasteiger partial charge is 0.416 e. The number of piperidine rings is 1. The molecule has 1 aromatic carbocycles. The van der Waals surface area contributed by atoms with Crippen molar-refractivity contribution in [3.8, 4) is 11.1 Å². The summed E-state index contributed by atoms with van der Waals surface area (Å²) in [5.41, 5.74) is 8.35. The highest BCUT2D eigenvalue weighted by Crippen LogP contribution is 2.35. The zero-order valence-electron chi connectivity index (χ0n) is 16.3. The van der Waals surface area contributed by atoms with Crippen LogP contribution in [0.1, 0.15) is 35.7 Å². The number of nitrogens with two attached hydrogens (primary N) is 1. The number of nitrogen functional groups attached to an aromatic ring is 1. The van der Waals surface area contributed by atoms with Gasteiger partial charge >= 0.3 is 6.18 Å². The minimum atomic E-state index is -4.37. The molecule has 4 rings (SSSR count). The van der Waals surface area contributed by atoms with Gasteiger partial charge in [-0.2, -0.15) is 13.2 Å². The Morgan fingerprint density at radius 2 is 1.87 bits per heavy atom.